The highest BCUT2D eigenvalue weighted by molar-refractivity contribution is 6.12. The Bertz CT molecular complexity index is 443. The summed E-state index contributed by atoms with van der Waals surface area (Å²) in [5.74, 6) is -1.89. The summed E-state index contributed by atoms with van der Waals surface area (Å²) in [4.78, 5) is 22.3. The fourth-order valence-electron chi connectivity index (χ4n) is 1.48. The third-order valence-electron chi connectivity index (χ3n) is 2.26. The second-order valence-electron chi connectivity index (χ2n) is 3.35. The van der Waals surface area contributed by atoms with E-state index in [2.05, 4.69) is 5.32 Å². The molecule has 7 heteroatoms. The number of nitrogens with one attached hydrogen (secondary N) is 3. The lowest BCUT2D eigenvalue weighted by Crippen LogP contribution is -2.61. The van der Waals surface area contributed by atoms with Crippen molar-refractivity contribution in [1.29, 1.82) is 5.41 Å². The van der Waals surface area contributed by atoms with Crippen LogP contribution in [0.4, 0.5) is 4.79 Å². The van der Waals surface area contributed by atoms with E-state index >= 15 is 0 Å². The largest absolute Gasteiger partial charge is 0.385 e. The number of carbonyl (C=O) groups excluding carboxylic acids is 2. The predicted molar refractivity (Wildman–Crippen MR) is 60.9 cm³/mol. The summed E-state index contributed by atoms with van der Waals surface area (Å²) in [7, 11) is 0. The molecule has 0 bridgehead atoms. The van der Waals surface area contributed by atoms with Crippen LogP contribution in [0.2, 0.25) is 0 Å². The van der Waals surface area contributed by atoms with Crippen LogP contribution in [0.1, 0.15) is 5.56 Å². The molecule has 0 aromatic heterocycles. The molecule has 7 N–H and O–H groups in total. The predicted octanol–water partition coefficient (Wildman–Crippen LogP) is -0.704. The smallest absolute Gasteiger partial charge is 0.313 e. The summed E-state index contributed by atoms with van der Waals surface area (Å²) in [5, 5.41) is 9.49. The maximum Gasteiger partial charge on any atom is 0.313 e. The third-order valence-corrected chi connectivity index (χ3v) is 2.26. The molecular weight excluding hydrogens is 222 g/mol. The Balaban J connectivity index is 3.40. The van der Waals surface area contributed by atoms with Crippen molar-refractivity contribution in [3.63, 3.8) is 0 Å². The van der Waals surface area contributed by atoms with Gasteiger partial charge in [-0.25, -0.2) is 4.79 Å². The van der Waals surface area contributed by atoms with Crippen LogP contribution in [0.25, 0.3) is 0 Å². The number of carbonyl (C=O) groups is 2. The molecule has 0 spiro atoms. The maximum atomic E-state index is 11.4. The number of amides is 3. The fourth-order valence-corrected chi connectivity index (χ4v) is 1.48. The second-order valence-corrected chi connectivity index (χ2v) is 3.35. The van der Waals surface area contributed by atoms with Gasteiger partial charge >= 0.3 is 6.03 Å². The SMILES string of the molecule is [NH]C(=O)C(NC(N)=O)(C(=N)N)c1ccccc1. The van der Waals surface area contributed by atoms with Gasteiger partial charge in [-0.3, -0.25) is 15.9 Å². The molecule has 0 aliphatic heterocycles. The first kappa shape index (κ1) is 12.5. The van der Waals surface area contributed by atoms with Crippen LogP contribution < -0.4 is 22.5 Å². The number of benzene rings is 1. The Morgan fingerprint density at radius 3 is 2.06 bits per heavy atom. The van der Waals surface area contributed by atoms with Crippen molar-refractivity contribution in [3.8, 4) is 0 Å². The Hall–Kier alpha value is -2.57. The van der Waals surface area contributed by atoms with E-state index in [1.54, 1.807) is 18.2 Å². The summed E-state index contributed by atoms with van der Waals surface area (Å²) in [5.41, 5.74) is 15.7. The molecule has 1 radical (unpaired) electrons. The van der Waals surface area contributed by atoms with Crippen LogP contribution in [-0.4, -0.2) is 17.8 Å². The van der Waals surface area contributed by atoms with Gasteiger partial charge in [0.25, 0.3) is 5.91 Å². The zero-order valence-electron chi connectivity index (χ0n) is 8.86. The lowest BCUT2D eigenvalue weighted by atomic mass is 9.88. The summed E-state index contributed by atoms with van der Waals surface area (Å²) < 4.78 is 0. The third kappa shape index (κ3) is 2.17. The van der Waals surface area contributed by atoms with Gasteiger partial charge in [0.1, 0.15) is 5.84 Å². The summed E-state index contributed by atoms with van der Waals surface area (Å²) in [6.45, 7) is 0. The highest BCUT2D eigenvalue weighted by Crippen LogP contribution is 2.21. The standard InChI is InChI=1S/C10H12N5O2/c11-7(12)10(8(13)16,15-9(14)17)6-4-2-1-3-5-6/h1-5,13H,(H3,11,12)(H3,14,15,17). The van der Waals surface area contributed by atoms with Crippen LogP contribution in [0.5, 0.6) is 0 Å². The van der Waals surface area contributed by atoms with E-state index in [1.165, 1.54) is 12.1 Å². The highest BCUT2D eigenvalue weighted by Gasteiger charge is 2.43. The van der Waals surface area contributed by atoms with Crippen LogP contribution in [0.3, 0.4) is 0 Å². The van der Waals surface area contributed by atoms with Gasteiger partial charge in [-0.05, 0) is 5.56 Å². The van der Waals surface area contributed by atoms with Gasteiger partial charge in [0.15, 0.2) is 0 Å². The van der Waals surface area contributed by atoms with Gasteiger partial charge in [0.05, 0.1) is 0 Å². The average Bonchev–Trinajstić information content (AvgIpc) is 2.25. The fraction of sp³-hybridized carbons (Fsp3) is 0.100. The highest BCUT2D eigenvalue weighted by atomic mass is 16.2. The number of hydrogen-bond donors (Lipinski definition) is 4. The molecule has 89 valence electrons. The van der Waals surface area contributed by atoms with Crippen LogP contribution in [-0.2, 0) is 10.3 Å². The minimum absolute atomic E-state index is 0.214. The summed E-state index contributed by atoms with van der Waals surface area (Å²) in [6.07, 6.45) is 0. The molecule has 0 fully saturated rings. The number of urea groups is 1. The van der Waals surface area contributed by atoms with E-state index in [1.807, 2.05) is 0 Å². The Kier molecular flexibility index (Phi) is 3.32. The molecule has 1 unspecified atom stereocenters. The molecule has 0 aliphatic carbocycles. The molecule has 3 amide bonds. The van der Waals surface area contributed by atoms with Gasteiger partial charge in [-0.1, -0.05) is 30.3 Å². The Morgan fingerprint density at radius 2 is 1.71 bits per heavy atom. The van der Waals surface area contributed by atoms with E-state index < -0.39 is 23.3 Å². The minimum Gasteiger partial charge on any atom is -0.385 e. The quantitative estimate of drug-likeness (QED) is 0.403. The van der Waals surface area contributed by atoms with Crippen LogP contribution >= 0.6 is 0 Å². The topological polar surface area (TPSA) is 146 Å². The molecule has 0 aliphatic rings. The summed E-state index contributed by atoms with van der Waals surface area (Å²) in [6, 6.07) is 6.79. The van der Waals surface area contributed by atoms with Crippen molar-refractivity contribution in [2.24, 2.45) is 11.5 Å². The normalized spacial score (nSPS) is 13.4. The molecule has 0 heterocycles. The first-order valence-corrected chi connectivity index (χ1v) is 4.65. The lowest BCUT2D eigenvalue weighted by molar-refractivity contribution is -0.122. The Labute approximate surface area is 97.5 Å². The van der Waals surface area contributed by atoms with Crippen molar-refractivity contribution >= 4 is 17.8 Å². The van der Waals surface area contributed by atoms with Crippen LogP contribution in [0, 0.1) is 5.41 Å². The molecule has 1 atom stereocenters. The minimum atomic E-state index is -2.02. The molecule has 1 rings (SSSR count). The number of rotatable bonds is 4. The van der Waals surface area contributed by atoms with Crippen molar-refractivity contribution in [2.75, 3.05) is 0 Å². The second kappa shape index (κ2) is 4.52. The number of hydrogen-bond acceptors (Lipinski definition) is 3. The number of amidine groups is 1. The van der Waals surface area contributed by atoms with Crippen LogP contribution in [0.15, 0.2) is 30.3 Å². The molecule has 1 aromatic rings. The van der Waals surface area contributed by atoms with Gasteiger partial charge < -0.3 is 16.8 Å². The first-order valence-electron chi connectivity index (χ1n) is 4.65. The summed E-state index contributed by atoms with van der Waals surface area (Å²) >= 11 is 0. The molecule has 1 aromatic carbocycles. The number of primary amides is 1. The van der Waals surface area contributed by atoms with Crippen molar-refractivity contribution in [2.45, 2.75) is 5.54 Å². The van der Waals surface area contributed by atoms with Gasteiger partial charge in [0.2, 0.25) is 5.54 Å². The molecule has 7 nitrogen and oxygen atoms in total. The van der Waals surface area contributed by atoms with E-state index in [0.717, 1.165) is 0 Å². The number of nitrogens with two attached hydrogens (primary N) is 2. The van der Waals surface area contributed by atoms with Crippen molar-refractivity contribution in [3.05, 3.63) is 35.9 Å². The monoisotopic (exact) mass is 234 g/mol. The zero-order chi connectivity index (χ0) is 13.1. The van der Waals surface area contributed by atoms with Gasteiger partial charge in [-0.2, -0.15) is 0 Å². The average molecular weight is 234 g/mol. The van der Waals surface area contributed by atoms with Crippen molar-refractivity contribution in [1.82, 2.24) is 11.1 Å². The van der Waals surface area contributed by atoms with E-state index in [4.69, 9.17) is 22.6 Å². The van der Waals surface area contributed by atoms with Gasteiger partial charge in [-0.15, -0.1) is 0 Å². The first-order chi connectivity index (χ1) is 7.91. The Morgan fingerprint density at radius 1 is 1.18 bits per heavy atom. The molecule has 0 saturated carbocycles. The van der Waals surface area contributed by atoms with Crippen molar-refractivity contribution < 1.29 is 9.59 Å². The molecule has 0 saturated heterocycles. The van der Waals surface area contributed by atoms with E-state index in [0.29, 0.717) is 0 Å². The molecule has 17 heavy (non-hydrogen) atoms. The van der Waals surface area contributed by atoms with Gasteiger partial charge in [0, 0.05) is 0 Å². The van der Waals surface area contributed by atoms with E-state index in [-0.39, 0.29) is 5.56 Å². The molecular formula is C10H12N5O2. The zero-order valence-corrected chi connectivity index (χ0v) is 8.86. The lowest BCUT2D eigenvalue weighted by Gasteiger charge is -2.29. The maximum absolute atomic E-state index is 11.4. The van der Waals surface area contributed by atoms with E-state index in [9.17, 15) is 9.59 Å².